The third-order valence-electron chi connectivity index (χ3n) is 5.42. The zero-order chi connectivity index (χ0) is 24.6. The Morgan fingerprint density at radius 3 is 2.30 bits per heavy atom. The number of aliphatic carboxylic acids is 1. The maximum absolute atomic E-state index is 13.3. The van der Waals surface area contributed by atoms with Gasteiger partial charge in [-0.25, -0.2) is 13.1 Å². The van der Waals surface area contributed by atoms with Crippen LogP contribution in [0.1, 0.15) is 42.9 Å². The number of carboxylic acids is 1. The molecule has 2 aromatic carbocycles. The number of sulfonamides is 1. The van der Waals surface area contributed by atoms with E-state index in [1.807, 2.05) is 30.3 Å². The number of carboxylic acid groups (broad SMARTS) is 1. The molecule has 33 heavy (non-hydrogen) atoms. The summed E-state index contributed by atoms with van der Waals surface area (Å²) in [6.45, 7) is 3.46. The largest absolute Gasteiger partial charge is 0.481 e. The first kappa shape index (κ1) is 27.2. The highest BCUT2D eigenvalue weighted by Gasteiger charge is 2.40. The van der Waals surface area contributed by atoms with E-state index in [9.17, 15) is 27.8 Å². The van der Waals surface area contributed by atoms with Crippen LogP contribution in [-0.2, 0) is 32.3 Å². The first-order chi connectivity index (χ1) is 15.4. The maximum atomic E-state index is 13.3. The second kappa shape index (κ2) is 11.9. The van der Waals surface area contributed by atoms with Crippen LogP contribution in [0, 0.1) is 5.92 Å². The molecule has 0 heterocycles. The van der Waals surface area contributed by atoms with Crippen molar-refractivity contribution in [3.05, 3.63) is 71.3 Å². The van der Waals surface area contributed by atoms with Crippen LogP contribution in [0.3, 0.4) is 0 Å². The van der Waals surface area contributed by atoms with Crippen molar-refractivity contribution in [2.24, 2.45) is 11.7 Å². The molecule has 3 unspecified atom stereocenters. The summed E-state index contributed by atoms with van der Waals surface area (Å²) in [6.07, 6.45) is 0.318. The summed E-state index contributed by atoms with van der Waals surface area (Å²) in [5.41, 5.74) is 7.69. The molecule has 0 aliphatic carbocycles. The van der Waals surface area contributed by atoms with Crippen molar-refractivity contribution in [1.82, 2.24) is 4.72 Å². The lowest BCUT2D eigenvalue weighted by atomic mass is 9.99. The molecule has 5 N–H and O–H groups in total. The van der Waals surface area contributed by atoms with E-state index in [2.05, 4.69) is 4.72 Å². The predicted octanol–water partition coefficient (Wildman–Crippen LogP) is 3.12. The lowest BCUT2D eigenvalue weighted by molar-refractivity contribution is -0.138. The van der Waals surface area contributed by atoms with Crippen molar-refractivity contribution in [3.63, 3.8) is 0 Å². The van der Waals surface area contributed by atoms with Crippen LogP contribution in [0.25, 0.3) is 0 Å². The van der Waals surface area contributed by atoms with Crippen LogP contribution in [-0.4, -0.2) is 42.1 Å². The minimum atomic E-state index is -4.25. The molecule has 0 saturated carbocycles. The smallest absolute Gasteiger partial charge is 0.311 e. The summed E-state index contributed by atoms with van der Waals surface area (Å²) < 4.78 is 41.1. The summed E-state index contributed by atoms with van der Waals surface area (Å²) >= 11 is 0. The Morgan fingerprint density at radius 1 is 1.09 bits per heavy atom. The van der Waals surface area contributed by atoms with Crippen molar-refractivity contribution in [2.45, 2.75) is 44.9 Å². The summed E-state index contributed by atoms with van der Waals surface area (Å²) in [5, 5.41) is 9.73. The topological polar surface area (TPSA) is 147 Å². The van der Waals surface area contributed by atoms with E-state index in [0.717, 1.165) is 5.56 Å². The SMILES string of the molecule is CC(C)C(NS(=O)(=O)CCCc1ccccc1)P(=O)(O)CC(C(=O)O)c1cccc(CN)c1. The molecule has 0 bridgehead atoms. The molecule has 2 aromatic rings. The van der Waals surface area contributed by atoms with Gasteiger partial charge in [-0.3, -0.25) is 9.36 Å². The van der Waals surface area contributed by atoms with Crippen molar-refractivity contribution >= 4 is 23.4 Å². The molecule has 0 aromatic heterocycles. The fourth-order valence-electron chi connectivity index (χ4n) is 3.68. The molecule has 0 aliphatic heterocycles. The van der Waals surface area contributed by atoms with Gasteiger partial charge < -0.3 is 15.7 Å². The van der Waals surface area contributed by atoms with Gasteiger partial charge in [-0.05, 0) is 35.4 Å². The Hall–Kier alpha value is -2.03. The molecule has 3 atom stereocenters. The van der Waals surface area contributed by atoms with Crippen molar-refractivity contribution < 1.29 is 27.8 Å². The summed E-state index contributed by atoms with van der Waals surface area (Å²) in [7, 11) is -8.10. The van der Waals surface area contributed by atoms with E-state index in [-0.39, 0.29) is 12.3 Å². The van der Waals surface area contributed by atoms with Gasteiger partial charge in [0.25, 0.3) is 0 Å². The van der Waals surface area contributed by atoms with Gasteiger partial charge in [0.2, 0.25) is 17.4 Å². The minimum absolute atomic E-state index is 0.202. The normalized spacial score (nSPS) is 15.7. The number of hydrogen-bond donors (Lipinski definition) is 4. The first-order valence-corrected chi connectivity index (χ1v) is 14.4. The van der Waals surface area contributed by atoms with E-state index in [4.69, 9.17) is 5.73 Å². The summed E-state index contributed by atoms with van der Waals surface area (Å²) in [4.78, 5) is 22.8. The number of nitrogens with one attached hydrogen (secondary N) is 1. The van der Waals surface area contributed by atoms with Crippen molar-refractivity contribution in [1.29, 1.82) is 0 Å². The van der Waals surface area contributed by atoms with E-state index in [1.165, 1.54) is 0 Å². The number of aryl methyl sites for hydroxylation is 1. The van der Waals surface area contributed by atoms with Gasteiger partial charge in [-0.2, -0.15) is 0 Å². The molecule has 10 heteroatoms. The average molecular weight is 497 g/mol. The highest BCUT2D eigenvalue weighted by Crippen LogP contribution is 2.51. The van der Waals surface area contributed by atoms with Gasteiger partial charge in [0.05, 0.1) is 11.7 Å². The number of nitrogens with two attached hydrogens (primary N) is 1. The molecule has 0 fully saturated rings. The number of rotatable bonds is 13. The Kier molecular flexibility index (Phi) is 9.82. The van der Waals surface area contributed by atoms with Gasteiger partial charge >= 0.3 is 5.97 Å². The highest BCUT2D eigenvalue weighted by atomic mass is 32.2. The third-order valence-corrected chi connectivity index (χ3v) is 9.52. The molecule has 0 aliphatic rings. The Labute approximate surface area is 195 Å². The molecule has 8 nitrogen and oxygen atoms in total. The third kappa shape index (κ3) is 8.36. The zero-order valence-corrected chi connectivity index (χ0v) is 20.6. The second-order valence-corrected chi connectivity index (χ2v) is 12.8. The van der Waals surface area contributed by atoms with E-state index in [1.54, 1.807) is 38.1 Å². The predicted molar refractivity (Wildman–Crippen MR) is 130 cm³/mol. The van der Waals surface area contributed by atoms with E-state index < -0.39 is 47.1 Å². The standard InChI is InChI=1S/C23H33N2O6PS/c1-17(2)22(25-33(30,31)13-7-11-18-8-4-3-5-9-18)32(28,29)16-21(23(26)27)20-12-6-10-19(14-20)15-24/h3-6,8-10,12,14,17,21-22,25H,7,11,13,15-16,24H2,1-2H3,(H,26,27)(H,28,29). The fraction of sp³-hybridized carbons (Fsp3) is 0.435. The quantitative estimate of drug-likeness (QED) is 0.312. The van der Waals surface area contributed by atoms with Crippen LogP contribution in [0.15, 0.2) is 54.6 Å². The van der Waals surface area contributed by atoms with Crippen LogP contribution in [0.2, 0.25) is 0 Å². The lowest BCUT2D eigenvalue weighted by Crippen LogP contribution is -2.41. The monoisotopic (exact) mass is 496 g/mol. The van der Waals surface area contributed by atoms with Crippen LogP contribution in [0.5, 0.6) is 0 Å². The Bertz CT molecular complexity index is 1080. The van der Waals surface area contributed by atoms with Gasteiger partial charge in [0, 0.05) is 12.7 Å². The molecule has 0 saturated heterocycles. The van der Waals surface area contributed by atoms with E-state index in [0.29, 0.717) is 24.0 Å². The fourth-order valence-corrected chi connectivity index (χ4v) is 8.15. The van der Waals surface area contributed by atoms with Gasteiger partial charge in [-0.1, -0.05) is 68.4 Å². The molecular formula is C23H33N2O6PS. The lowest BCUT2D eigenvalue weighted by Gasteiger charge is -2.29. The molecule has 0 spiro atoms. The maximum Gasteiger partial charge on any atom is 0.311 e. The first-order valence-electron chi connectivity index (χ1n) is 10.8. The van der Waals surface area contributed by atoms with Crippen molar-refractivity contribution in [3.8, 4) is 0 Å². The molecule has 182 valence electrons. The minimum Gasteiger partial charge on any atom is -0.481 e. The average Bonchev–Trinajstić information content (AvgIpc) is 2.76. The molecule has 2 rings (SSSR count). The molecular weight excluding hydrogens is 463 g/mol. The van der Waals surface area contributed by atoms with Crippen molar-refractivity contribution in [2.75, 3.05) is 11.9 Å². The van der Waals surface area contributed by atoms with E-state index >= 15 is 0 Å². The highest BCUT2D eigenvalue weighted by molar-refractivity contribution is 7.89. The zero-order valence-electron chi connectivity index (χ0n) is 18.9. The Morgan fingerprint density at radius 2 is 1.73 bits per heavy atom. The second-order valence-electron chi connectivity index (χ2n) is 8.49. The molecule has 0 radical (unpaired) electrons. The summed E-state index contributed by atoms with van der Waals surface area (Å²) in [5.74, 6) is -4.54. The van der Waals surface area contributed by atoms with Crippen LogP contribution >= 0.6 is 7.37 Å². The van der Waals surface area contributed by atoms with Gasteiger partial charge in [0.15, 0.2) is 0 Å². The van der Waals surface area contributed by atoms with Gasteiger partial charge in [0.1, 0.15) is 5.78 Å². The number of hydrogen-bond acceptors (Lipinski definition) is 5. The van der Waals surface area contributed by atoms with Gasteiger partial charge in [-0.15, -0.1) is 0 Å². The Balaban J connectivity index is 2.15. The van der Waals surface area contributed by atoms with Crippen LogP contribution in [0.4, 0.5) is 0 Å². The molecule has 0 amide bonds. The van der Waals surface area contributed by atoms with Crippen LogP contribution < -0.4 is 10.5 Å². The number of carbonyl (C=O) groups is 1. The summed E-state index contributed by atoms with van der Waals surface area (Å²) in [6, 6.07) is 16.0. The number of benzene rings is 2.